The van der Waals surface area contributed by atoms with E-state index in [1.54, 1.807) is 0 Å². The first-order chi connectivity index (χ1) is 9.61. The molecule has 1 saturated heterocycles. The molecule has 0 radical (unpaired) electrons. The van der Waals surface area contributed by atoms with Crippen LogP contribution in [-0.4, -0.2) is 54.8 Å². The Labute approximate surface area is 118 Å². The topological polar surface area (TPSA) is 77.3 Å². The van der Waals surface area contributed by atoms with Crippen LogP contribution in [0, 0.1) is 11.3 Å². The summed E-state index contributed by atoms with van der Waals surface area (Å²) in [7, 11) is -3.48. The first kappa shape index (κ1) is 13.5. The van der Waals surface area contributed by atoms with Crippen LogP contribution in [0.15, 0.2) is 23.2 Å². The molecule has 2 aliphatic rings. The Morgan fingerprint density at radius 1 is 1.20 bits per heavy atom. The van der Waals surface area contributed by atoms with Gasteiger partial charge in [-0.15, -0.1) is 0 Å². The molecule has 0 amide bonds. The Kier molecular flexibility index (Phi) is 3.46. The number of pyridine rings is 1. The molecule has 1 aromatic heterocycles. The van der Waals surface area contributed by atoms with Crippen LogP contribution in [0.4, 0.5) is 0 Å². The monoisotopic (exact) mass is 292 g/mol. The summed E-state index contributed by atoms with van der Waals surface area (Å²) in [5.41, 5.74) is 0.225. The van der Waals surface area contributed by atoms with Crippen LogP contribution in [0.3, 0.4) is 0 Å². The Morgan fingerprint density at radius 2 is 1.90 bits per heavy atom. The summed E-state index contributed by atoms with van der Waals surface area (Å²) in [5, 5.41) is 8.69. The average Bonchev–Trinajstić information content (AvgIpc) is 3.32. The lowest BCUT2D eigenvalue weighted by Gasteiger charge is -2.33. The van der Waals surface area contributed by atoms with Crippen molar-refractivity contribution in [3.63, 3.8) is 0 Å². The van der Waals surface area contributed by atoms with Crippen LogP contribution >= 0.6 is 0 Å². The van der Waals surface area contributed by atoms with Crippen molar-refractivity contribution in [3.05, 3.63) is 24.0 Å². The molecule has 2 heterocycles. The third-order valence-electron chi connectivity index (χ3n) is 3.83. The van der Waals surface area contributed by atoms with Crippen molar-refractivity contribution in [3.8, 4) is 6.07 Å². The van der Waals surface area contributed by atoms with Gasteiger partial charge in [-0.2, -0.15) is 9.57 Å². The molecule has 1 aliphatic carbocycles. The molecule has 0 unspecified atom stereocenters. The highest BCUT2D eigenvalue weighted by molar-refractivity contribution is 7.89. The van der Waals surface area contributed by atoms with E-state index >= 15 is 0 Å². The highest BCUT2D eigenvalue weighted by Crippen LogP contribution is 2.28. The fourth-order valence-electron chi connectivity index (χ4n) is 2.50. The van der Waals surface area contributed by atoms with Crippen LogP contribution in [0.2, 0.25) is 0 Å². The van der Waals surface area contributed by atoms with E-state index in [1.165, 1.54) is 35.5 Å². The predicted molar refractivity (Wildman–Crippen MR) is 72.3 cm³/mol. The minimum Gasteiger partial charge on any atom is -0.298 e. The van der Waals surface area contributed by atoms with Crippen molar-refractivity contribution in [2.45, 2.75) is 23.8 Å². The molecule has 1 saturated carbocycles. The maximum Gasteiger partial charge on any atom is 0.244 e. The minimum atomic E-state index is -3.48. The molecule has 0 N–H and O–H groups in total. The minimum absolute atomic E-state index is 0.163. The van der Waals surface area contributed by atoms with E-state index in [2.05, 4.69) is 9.88 Å². The quantitative estimate of drug-likeness (QED) is 0.807. The van der Waals surface area contributed by atoms with Gasteiger partial charge < -0.3 is 0 Å². The largest absolute Gasteiger partial charge is 0.298 e. The van der Waals surface area contributed by atoms with E-state index in [0.717, 1.165) is 13.1 Å². The number of hydrogen-bond donors (Lipinski definition) is 0. The zero-order chi connectivity index (χ0) is 14.2. The average molecular weight is 292 g/mol. The Hall–Kier alpha value is -1.49. The van der Waals surface area contributed by atoms with Crippen molar-refractivity contribution in [2.24, 2.45) is 0 Å². The zero-order valence-corrected chi connectivity index (χ0v) is 11.9. The van der Waals surface area contributed by atoms with Crippen LogP contribution in [0.25, 0.3) is 0 Å². The lowest BCUT2D eigenvalue weighted by atomic mass is 10.3. The Morgan fingerprint density at radius 3 is 2.40 bits per heavy atom. The second kappa shape index (κ2) is 5.13. The van der Waals surface area contributed by atoms with E-state index in [4.69, 9.17) is 5.26 Å². The van der Waals surface area contributed by atoms with Crippen molar-refractivity contribution >= 4 is 10.0 Å². The fourth-order valence-corrected chi connectivity index (χ4v) is 3.86. The van der Waals surface area contributed by atoms with E-state index in [1.807, 2.05) is 6.07 Å². The lowest BCUT2D eigenvalue weighted by Crippen LogP contribution is -2.49. The zero-order valence-electron chi connectivity index (χ0n) is 11.1. The van der Waals surface area contributed by atoms with Gasteiger partial charge in [-0.05, 0) is 25.0 Å². The van der Waals surface area contributed by atoms with E-state index in [9.17, 15) is 8.42 Å². The molecule has 0 spiro atoms. The number of hydrogen-bond acceptors (Lipinski definition) is 5. The molecule has 7 heteroatoms. The first-order valence-corrected chi connectivity index (χ1v) is 8.15. The van der Waals surface area contributed by atoms with Crippen LogP contribution in [-0.2, 0) is 10.0 Å². The molecule has 0 atom stereocenters. The molecule has 6 nitrogen and oxygen atoms in total. The SMILES string of the molecule is N#Cc1ccc(S(=O)(=O)N2CCN(C3CC3)CC2)cn1. The summed E-state index contributed by atoms with van der Waals surface area (Å²) < 4.78 is 26.4. The van der Waals surface area contributed by atoms with Gasteiger partial charge in [-0.25, -0.2) is 13.4 Å². The van der Waals surface area contributed by atoms with Gasteiger partial charge in [0.15, 0.2) is 0 Å². The smallest absolute Gasteiger partial charge is 0.244 e. The van der Waals surface area contributed by atoms with Crippen LogP contribution in [0.5, 0.6) is 0 Å². The summed E-state index contributed by atoms with van der Waals surface area (Å²) in [4.78, 5) is 6.36. The van der Waals surface area contributed by atoms with Crippen LogP contribution in [0.1, 0.15) is 18.5 Å². The second-order valence-corrected chi connectivity index (χ2v) is 7.10. The highest BCUT2D eigenvalue weighted by Gasteiger charge is 2.34. The van der Waals surface area contributed by atoms with Crippen LogP contribution < -0.4 is 0 Å². The molecular weight excluding hydrogens is 276 g/mol. The summed E-state index contributed by atoms with van der Waals surface area (Å²) in [5.74, 6) is 0. The molecule has 106 valence electrons. The first-order valence-electron chi connectivity index (χ1n) is 6.71. The van der Waals surface area contributed by atoms with E-state index < -0.39 is 10.0 Å². The maximum atomic E-state index is 12.5. The van der Waals surface area contributed by atoms with Crippen molar-refractivity contribution in [2.75, 3.05) is 26.2 Å². The molecule has 3 rings (SSSR count). The summed E-state index contributed by atoms with van der Waals surface area (Å²) >= 11 is 0. The molecule has 1 aliphatic heterocycles. The molecule has 1 aromatic rings. The second-order valence-electron chi connectivity index (χ2n) is 5.16. The van der Waals surface area contributed by atoms with E-state index in [-0.39, 0.29) is 10.6 Å². The fraction of sp³-hybridized carbons (Fsp3) is 0.538. The molecule has 2 fully saturated rings. The number of sulfonamides is 1. The number of rotatable bonds is 3. The summed E-state index contributed by atoms with van der Waals surface area (Å²) in [6.07, 6.45) is 3.75. The normalized spacial score (nSPS) is 21.6. The van der Waals surface area contributed by atoms with Gasteiger partial charge in [0.1, 0.15) is 16.7 Å². The predicted octanol–water partition coefficient (Wildman–Crippen LogP) is 0.422. The summed E-state index contributed by atoms with van der Waals surface area (Å²) in [6, 6.07) is 5.45. The van der Waals surface area contributed by atoms with Gasteiger partial charge in [-0.3, -0.25) is 4.90 Å². The number of aromatic nitrogens is 1. The third-order valence-corrected chi connectivity index (χ3v) is 5.71. The van der Waals surface area contributed by atoms with Gasteiger partial charge in [0, 0.05) is 38.4 Å². The van der Waals surface area contributed by atoms with Crippen molar-refractivity contribution in [1.29, 1.82) is 5.26 Å². The number of piperazine rings is 1. The number of nitrogens with zero attached hydrogens (tertiary/aromatic N) is 4. The Balaban J connectivity index is 1.73. The highest BCUT2D eigenvalue weighted by atomic mass is 32.2. The van der Waals surface area contributed by atoms with Crippen molar-refractivity contribution in [1.82, 2.24) is 14.2 Å². The van der Waals surface area contributed by atoms with E-state index in [0.29, 0.717) is 19.1 Å². The third kappa shape index (κ3) is 2.54. The standard InChI is InChI=1S/C13H16N4O2S/c14-9-11-1-4-13(10-15-11)20(18,19)17-7-5-16(6-8-17)12-2-3-12/h1,4,10,12H,2-3,5-8H2. The van der Waals surface area contributed by atoms with Gasteiger partial charge in [0.2, 0.25) is 10.0 Å². The molecule has 0 bridgehead atoms. The van der Waals surface area contributed by atoms with Crippen molar-refractivity contribution < 1.29 is 8.42 Å². The Bertz CT molecular complexity index is 623. The molecule has 20 heavy (non-hydrogen) atoms. The number of nitriles is 1. The lowest BCUT2D eigenvalue weighted by molar-refractivity contribution is 0.180. The molecular formula is C13H16N4O2S. The summed E-state index contributed by atoms with van der Waals surface area (Å²) in [6.45, 7) is 2.65. The van der Waals surface area contributed by atoms with Gasteiger partial charge in [0.05, 0.1) is 0 Å². The van der Waals surface area contributed by atoms with Gasteiger partial charge >= 0.3 is 0 Å². The molecule has 0 aromatic carbocycles. The van der Waals surface area contributed by atoms with Gasteiger partial charge in [-0.1, -0.05) is 0 Å². The maximum absolute atomic E-state index is 12.5. The van der Waals surface area contributed by atoms with Gasteiger partial charge in [0.25, 0.3) is 0 Å².